The number of benzene rings is 1. The Morgan fingerprint density at radius 3 is 2.42 bits per heavy atom. The van der Waals surface area contributed by atoms with Gasteiger partial charge in [0.05, 0.1) is 31.0 Å². The SMILES string of the molecule is COC(=O)Cc1csc(C(Cc2ccc(NS(=O)(=O)O)cc2)NC(=O)OC(C)(C)C)n1. The van der Waals surface area contributed by atoms with Crippen LogP contribution in [0, 0.1) is 0 Å². The zero-order chi connectivity index (χ0) is 23.2. The Morgan fingerprint density at radius 2 is 1.87 bits per heavy atom. The Labute approximate surface area is 184 Å². The number of aromatic nitrogens is 1. The number of nitrogens with one attached hydrogen (secondary N) is 2. The molecular formula is C19H25N3O7S2. The van der Waals surface area contributed by atoms with Crippen molar-refractivity contribution < 1.29 is 32.0 Å². The molecule has 0 fully saturated rings. The summed E-state index contributed by atoms with van der Waals surface area (Å²) in [6.07, 6.45) is -0.273. The predicted molar refractivity (Wildman–Crippen MR) is 115 cm³/mol. The van der Waals surface area contributed by atoms with Gasteiger partial charge in [-0.05, 0) is 44.9 Å². The number of carbonyl (C=O) groups excluding carboxylic acids is 2. The summed E-state index contributed by atoms with van der Waals surface area (Å²) in [5.74, 6) is -0.421. The lowest BCUT2D eigenvalue weighted by Gasteiger charge is -2.23. The lowest BCUT2D eigenvalue weighted by molar-refractivity contribution is -0.139. The van der Waals surface area contributed by atoms with Crippen LogP contribution in [0.4, 0.5) is 10.5 Å². The molecule has 0 spiro atoms. The number of alkyl carbamates (subject to hydrolysis) is 1. The number of ether oxygens (including phenoxy) is 2. The van der Waals surface area contributed by atoms with Crippen LogP contribution in [0.25, 0.3) is 0 Å². The largest absolute Gasteiger partial charge is 0.469 e. The highest BCUT2D eigenvalue weighted by Crippen LogP contribution is 2.24. The quantitative estimate of drug-likeness (QED) is 0.394. The molecule has 0 aliphatic carbocycles. The molecule has 0 saturated carbocycles. The molecule has 170 valence electrons. The molecule has 1 aromatic carbocycles. The van der Waals surface area contributed by atoms with Crippen molar-refractivity contribution in [2.45, 2.75) is 45.3 Å². The Kier molecular flexibility index (Phi) is 7.98. The van der Waals surface area contributed by atoms with Crippen LogP contribution in [0.5, 0.6) is 0 Å². The van der Waals surface area contributed by atoms with Crippen LogP contribution in [0.2, 0.25) is 0 Å². The van der Waals surface area contributed by atoms with E-state index >= 15 is 0 Å². The van der Waals surface area contributed by atoms with Gasteiger partial charge in [0.15, 0.2) is 0 Å². The van der Waals surface area contributed by atoms with Crippen molar-refractivity contribution in [2.75, 3.05) is 11.8 Å². The van der Waals surface area contributed by atoms with E-state index in [4.69, 9.17) is 9.29 Å². The summed E-state index contributed by atoms with van der Waals surface area (Å²) in [4.78, 5) is 28.3. The summed E-state index contributed by atoms with van der Waals surface area (Å²) in [6, 6.07) is 5.73. The van der Waals surface area contributed by atoms with Gasteiger partial charge in [0, 0.05) is 5.38 Å². The van der Waals surface area contributed by atoms with E-state index in [1.54, 1.807) is 38.3 Å². The van der Waals surface area contributed by atoms with E-state index in [1.807, 2.05) is 4.72 Å². The van der Waals surface area contributed by atoms with Gasteiger partial charge in [-0.25, -0.2) is 9.78 Å². The van der Waals surface area contributed by atoms with E-state index < -0.39 is 34.0 Å². The molecule has 1 heterocycles. The number of methoxy groups -OCH3 is 1. The van der Waals surface area contributed by atoms with Crippen molar-refractivity contribution in [3.63, 3.8) is 0 Å². The lowest BCUT2D eigenvalue weighted by Crippen LogP contribution is -2.35. The first-order valence-corrected chi connectivity index (χ1v) is 11.5. The van der Waals surface area contributed by atoms with Gasteiger partial charge in [0.1, 0.15) is 10.6 Å². The molecule has 0 radical (unpaired) electrons. The molecule has 2 aromatic rings. The highest BCUT2D eigenvalue weighted by atomic mass is 32.2. The maximum Gasteiger partial charge on any atom is 0.408 e. The Balaban J connectivity index is 2.21. The molecular weight excluding hydrogens is 446 g/mol. The summed E-state index contributed by atoms with van der Waals surface area (Å²) in [6.45, 7) is 5.25. The van der Waals surface area contributed by atoms with Gasteiger partial charge in [0.25, 0.3) is 0 Å². The zero-order valence-electron chi connectivity index (χ0n) is 17.5. The van der Waals surface area contributed by atoms with E-state index in [9.17, 15) is 18.0 Å². The number of hydrogen-bond donors (Lipinski definition) is 3. The monoisotopic (exact) mass is 471 g/mol. The third-order valence-corrected chi connectivity index (χ3v) is 5.25. The number of thiazole rings is 1. The minimum Gasteiger partial charge on any atom is -0.469 e. The van der Waals surface area contributed by atoms with Crippen LogP contribution in [-0.2, 0) is 37.4 Å². The summed E-state index contributed by atoms with van der Waals surface area (Å²) in [7, 11) is -3.07. The van der Waals surface area contributed by atoms with Crippen LogP contribution in [0.1, 0.15) is 43.1 Å². The maximum absolute atomic E-state index is 12.3. The molecule has 2 rings (SSSR count). The number of rotatable bonds is 8. The average molecular weight is 472 g/mol. The summed E-state index contributed by atoms with van der Waals surface area (Å²) >= 11 is 1.29. The number of nitrogens with zero attached hydrogens (tertiary/aromatic N) is 1. The van der Waals surface area contributed by atoms with Crippen LogP contribution in [-0.4, -0.2) is 42.7 Å². The molecule has 3 N–H and O–H groups in total. The number of carbonyl (C=O) groups is 2. The molecule has 1 unspecified atom stereocenters. The lowest BCUT2D eigenvalue weighted by atomic mass is 10.1. The third-order valence-electron chi connectivity index (χ3n) is 3.75. The van der Waals surface area contributed by atoms with Crippen molar-refractivity contribution in [3.8, 4) is 0 Å². The van der Waals surface area contributed by atoms with Gasteiger partial charge in [-0.15, -0.1) is 11.3 Å². The van der Waals surface area contributed by atoms with E-state index in [0.29, 0.717) is 17.1 Å². The minimum absolute atomic E-state index is 0.0160. The summed E-state index contributed by atoms with van der Waals surface area (Å²) in [5, 5.41) is 5.08. The normalized spacial score (nSPS) is 12.7. The first-order chi connectivity index (χ1) is 14.3. The highest BCUT2D eigenvalue weighted by Gasteiger charge is 2.23. The molecule has 0 saturated heterocycles. The van der Waals surface area contributed by atoms with Crippen molar-refractivity contribution in [3.05, 3.63) is 45.9 Å². The van der Waals surface area contributed by atoms with Gasteiger partial charge in [-0.1, -0.05) is 12.1 Å². The van der Waals surface area contributed by atoms with Gasteiger partial charge in [-0.3, -0.25) is 14.1 Å². The highest BCUT2D eigenvalue weighted by molar-refractivity contribution is 7.87. The Bertz CT molecular complexity index is 1010. The molecule has 10 nitrogen and oxygen atoms in total. The first kappa shape index (κ1) is 24.6. The molecule has 31 heavy (non-hydrogen) atoms. The fraction of sp³-hybridized carbons (Fsp3) is 0.421. The predicted octanol–water partition coefficient (Wildman–Crippen LogP) is 2.88. The number of anilines is 1. The van der Waals surface area contributed by atoms with Gasteiger partial charge in [-0.2, -0.15) is 8.42 Å². The molecule has 1 atom stereocenters. The Morgan fingerprint density at radius 1 is 1.23 bits per heavy atom. The van der Waals surface area contributed by atoms with Gasteiger partial charge < -0.3 is 14.8 Å². The van der Waals surface area contributed by atoms with Crippen molar-refractivity contribution in [1.29, 1.82) is 0 Å². The van der Waals surface area contributed by atoms with Crippen molar-refractivity contribution >= 4 is 39.4 Å². The fourth-order valence-electron chi connectivity index (χ4n) is 2.53. The van der Waals surface area contributed by atoms with Gasteiger partial charge in [0.2, 0.25) is 0 Å². The fourth-order valence-corrected chi connectivity index (χ4v) is 3.83. The second-order valence-corrected chi connectivity index (χ2v) is 9.65. The van der Waals surface area contributed by atoms with E-state index in [-0.39, 0.29) is 12.1 Å². The van der Waals surface area contributed by atoms with Crippen LogP contribution in [0.3, 0.4) is 0 Å². The van der Waals surface area contributed by atoms with E-state index in [2.05, 4.69) is 15.0 Å². The van der Waals surface area contributed by atoms with E-state index in [0.717, 1.165) is 5.56 Å². The standard InChI is InChI=1S/C19H25N3O7S2/c1-19(2,3)29-18(24)21-15(17-20-14(11-30-17)10-16(23)28-4)9-12-5-7-13(8-6-12)22-31(25,26)27/h5-8,11,15,22H,9-10H2,1-4H3,(H,21,24)(H,25,26,27). The van der Waals surface area contributed by atoms with Crippen LogP contribution >= 0.6 is 11.3 Å². The second-order valence-electron chi connectivity index (χ2n) is 7.61. The molecule has 0 aliphatic heterocycles. The maximum atomic E-state index is 12.3. The molecule has 0 bridgehead atoms. The third kappa shape index (κ3) is 8.90. The molecule has 1 amide bonds. The van der Waals surface area contributed by atoms with Crippen molar-refractivity contribution in [1.82, 2.24) is 10.3 Å². The van der Waals surface area contributed by atoms with E-state index in [1.165, 1.54) is 30.6 Å². The average Bonchev–Trinajstić information content (AvgIpc) is 3.08. The number of amides is 1. The smallest absolute Gasteiger partial charge is 0.408 e. The van der Waals surface area contributed by atoms with Gasteiger partial charge >= 0.3 is 22.4 Å². The van der Waals surface area contributed by atoms with Crippen molar-refractivity contribution in [2.24, 2.45) is 0 Å². The number of esters is 1. The summed E-state index contributed by atoms with van der Waals surface area (Å²) < 4.78 is 42.7. The topological polar surface area (TPSA) is 144 Å². The molecule has 1 aromatic heterocycles. The summed E-state index contributed by atoms with van der Waals surface area (Å²) in [5.41, 5.74) is 0.802. The molecule has 0 aliphatic rings. The first-order valence-electron chi connectivity index (χ1n) is 9.19. The number of hydrogen-bond acceptors (Lipinski definition) is 8. The zero-order valence-corrected chi connectivity index (χ0v) is 19.2. The Hall–Kier alpha value is -2.70. The second kappa shape index (κ2) is 10.1. The minimum atomic E-state index is -4.37. The van der Waals surface area contributed by atoms with Crippen LogP contribution in [0.15, 0.2) is 29.6 Å². The van der Waals surface area contributed by atoms with Crippen LogP contribution < -0.4 is 10.0 Å². The molecule has 12 heteroatoms.